The van der Waals surface area contributed by atoms with E-state index in [1.54, 1.807) is 12.1 Å². The van der Waals surface area contributed by atoms with E-state index < -0.39 is 6.61 Å². The van der Waals surface area contributed by atoms with E-state index >= 15 is 0 Å². The SMILES string of the molecule is CCCCCCC(C)Nc1ccc(OC(F)F)c(Cl)c1. The molecule has 114 valence electrons. The summed E-state index contributed by atoms with van der Waals surface area (Å²) in [4.78, 5) is 0. The lowest BCUT2D eigenvalue weighted by Crippen LogP contribution is -2.14. The number of rotatable bonds is 9. The van der Waals surface area contributed by atoms with Crippen LogP contribution >= 0.6 is 11.6 Å². The largest absolute Gasteiger partial charge is 0.433 e. The molecule has 0 saturated heterocycles. The van der Waals surface area contributed by atoms with E-state index in [0.29, 0.717) is 6.04 Å². The first-order valence-electron chi connectivity index (χ1n) is 7.03. The number of alkyl halides is 2. The number of unbranched alkanes of at least 4 members (excludes halogenated alkanes) is 3. The summed E-state index contributed by atoms with van der Waals surface area (Å²) in [5.41, 5.74) is 0.819. The number of hydrogen-bond donors (Lipinski definition) is 1. The molecule has 0 spiro atoms. The first-order valence-corrected chi connectivity index (χ1v) is 7.41. The summed E-state index contributed by atoms with van der Waals surface area (Å²) in [6, 6.07) is 5.10. The molecule has 1 unspecified atom stereocenters. The van der Waals surface area contributed by atoms with Gasteiger partial charge in [-0.05, 0) is 31.5 Å². The van der Waals surface area contributed by atoms with Crippen LogP contribution in [0.4, 0.5) is 14.5 Å². The molecule has 20 heavy (non-hydrogen) atoms. The van der Waals surface area contributed by atoms with Gasteiger partial charge in [0, 0.05) is 11.7 Å². The highest BCUT2D eigenvalue weighted by atomic mass is 35.5. The van der Waals surface area contributed by atoms with Gasteiger partial charge >= 0.3 is 6.61 Å². The quantitative estimate of drug-likeness (QED) is 0.590. The van der Waals surface area contributed by atoms with E-state index in [0.717, 1.165) is 12.1 Å². The van der Waals surface area contributed by atoms with Crippen molar-refractivity contribution in [3.63, 3.8) is 0 Å². The van der Waals surface area contributed by atoms with Gasteiger partial charge in [0.1, 0.15) is 5.75 Å². The molecule has 0 aliphatic carbocycles. The number of anilines is 1. The molecule has 0 aromatic heterocycles. The molecule has 0 aliphatic rings. The third-order valence-electron chi connectivity index (χ3n) is 3.05. The Balaban J connectivity index is 2.45. The smallest absolute Gasteiger partial charge is 0.387 e. The maximum Gasteiger partial charge on any atom is 0.387 e. The van der Waals surface area contributed by atoms with E-state index in [-0.39, 0.29) is 10.8 Å². The fourth-order valence-corrected chi connectivity index (χ4v) is 2.24. The third-order valence-corrected chi connectivity index (χ3v) is 3.35. The molecule has 5 heteroatoms. The third kappa shape index (κ3) is 6.42. The summed E-state index contributed by atoms with van der Waals surface area (Å²) in [7, 11) is 0. The Morgan fingerprint density at radius 2 is 2.00 bits per heavy atom. The monoisotopic (exact) mass is 305 g/mol. The standard InChI is InChI=1S/C15H22ClF2NO/c1-3-4-5-6-7-11(2)19-12-8-9-14(13(16)10-12)20-15(17)18/h8-11,15,19H,3-7H2,1-2H3. The van der Waals surface area contributed by atoms with Gasteiger partial charge in [-0.3, -0.25) is 0 Å². The summed E-state index contributed by atoms with van der Waals surface area (Å²) in [5.74, 6) is 0.00261. The maximum atomic E-state index is 12.1. The van der Waals surface area contributed by atoms with Crippen LogP contribution in [-0.4, -0.2) is 12.7 Å². The van der Waals surface area contributed by atoms with E-state index in [9.17, 15) is 8.78 Å². The van der Waals surface area contributed by atoms with Gasteiger partial charge in [-0.25, -0.2) is 0 Å². The Kier molecular flexibility index (Phi) is 7.67. The second kappa shape index (κ2) is 9.01. The molecule has 0 aliphatic heterocycles. The predicted molar refractivity (Wildman–Crippen MR) is 79.9 cm³/mol. The summed E-state index contributed by atoms with van der Waals surface area (Å²) in [6.07, 6.45) is 5.99. The van der Waals surface area contributed by atoms with E-state index in [2.05, 4.69) is 23.9 Å². The van der Waals surface area contributed by atoms with Crippen molar-refractivity contribution in [2.45, 2.75) is 58.6 Å². The van der Waals surface area contributed by atoms with Crippen LogP contribution in [0.1, 0.15) is 46.0 Å². The van der Waals surface area contributed by atoms with Gasteiger partial charge < -0.3 is 10.1 Å². The average Bonchev–Trinajstić information content (AvgIpc) is 2.37. The Morgan fingerprint density at radius 1 is 1.25 bits per heavy atom. The zero-order valence-electron chi connectivity index (χ0n) is 12.0. The molecule has 0 heterocycles. The van der Waals surface area contributed by atoms with E-state index in [1.165, 1.54) is 31.7 Å². The average molecular weight is 306 g/mol. The van der Waals surface area contributed by atoms with Crippen LogP contribution in [0.3, 0.4) is 0 Å². The summed E-state index contributed by atoms with van der Waals surface area (Å²) in [6.45, 7) is 1.43. The van der Waals surface area contributed by atoms with Crippen molar-refractivity contribution < 1.29 is 13.5 Å². The van der Waals surface area contributed by atoms with Crippen LogP contribution in [0.2, 0.25) is 5.02 Å². The van der Waals surface area contributed by atoms with Crippen LogP contribution in [0, 0.1) is 0 Å². The molecule has 1 atom stereocenters. The molecule has 1 N–H and O–H groups in total. The molecule has 0 amide bonds. The highest BCUT2D eigenvalue weighted by molar-refractivity contribution is 6.32. The number of ether oxygens (including phenoxy) is 1. The molecule has 0 radical (unpaired) electrons. The molecule has 1 rings (SSSR count). The molecule has 0 fully saturated rings. The van der Waals surface area contributed by atoms with Gasteiger partial charge in [0.2, 0.25) is 0 Å². The maximum absolute atomic E-state index is 12.1. The van der Waals surface area contributed by atoms with Crippen molar-refractivity contribution in [3.8, 4) is 5.75 Å². The van der Waals surface area contributed by atoms with Crippen molar-refractivity contribution in [1.29, 1.82) is 0 Å². The second-order valence-electron chi connectivity index (χ2n) is 4.92. The normalized spacial score (nSPS) is 12.5. The van der Waals surface area contributed by atoms with Crippen molar-refractivity contribution >= 4 is 17.3 Å². The highest BCUT2D eigenvalue weighted by Crippen LogP contribution is 2.29. The van der Waals surface area contributed by atoms with Crippen molar-refractivity contribution in [3.05, 3.63) is 23.2 Å². The Labute approximate surface area is 124 Å². The zero-order chi connectivity index (χ0) is 15.0. The van der Waals surface area contributed by atoms with Crippen LogP contribution in [0.5, 0.6) is 5.75 Å². The van der Waals surface area contributed by atoms with Gasteiger partial charge in [0.25, 0.3) is 0 Å². The minimum absolute atomic E-state index is 0.00261. The zero-order valence-corrected chi connectivity index (χ0v) is 12.7. The summed E-state index contributed by atoms with van der Waals surface area (Å²) < 4.78 is 28.5. The van der Waals surface area contributed by atoms with Crippen LogP contribution in [0.25, 0.3) is 0 Å². The molecule has 0 bridgehead atoms. The van der Waals surface area contributed by atoms with Crippen LogP contribution < -0.4 is 10.1 Å². The second-order valence-corrected chi connectivity index (χ2v) is 5.33. The lowest BCUT2D eigenvalue weighted by Gasteiger charge is -2.16. The topological polar surface area (TPSA) is 21.3 Å². The van der Waals surface area contributed by atoms with Gasteiger partial charge in [-0.2, -0.15) is 8.78 Å². The van der Waals surface area contributed by atoms with Crippen molar-refractivity contribution in [1.82, 2.24) is 0 Å². The van der Waals surface area contributed by atoms with E-state index in [4.69, 9.17) is 11.6 Å². The minimum Gasteiger partial charge on any atom is -0.433 e. The van der Waals surface area contributed by atoms with Crippen molar-refractivity contribution in [2.75, 3.05) is 5.32 Å². The minimum atomic E-state index is -2.86. The fraction of sp³-hybridized carbons (Fsp3) is 0.600. The Hall–Kier alpha value is -1.03. The number of nitrogens with one attached hydrogen (secondary N) is 1. The highest BCUT2D eigenvalue weighted by Gasteiger charge is 2.10. The van der Waals surface area contributed by atoms with Crippen LogP contribution in [0.15, 0.2) is 18.2 Å². The summed E-state index contributed by atoms with van der Waals surface area (Å²) in [5, 5.41) is 3.50. The number of hydrogen-bond acceptors (Lipinski definition) is 2. The Bertz CT molecular complexity index is 401. The molecular formula is C15H22ClF2NO. The lowest BCUT2D eigenvalue weighted by molar-refractivity contribution is -0.0497. The lowest BCUT2D eigenvalue weighted by atomic mass is 10.1. The molecular weight excluding hydrogens is 284 g/mol. The number of halogens is 3. The van der Waals surface area contributed by atoms with Gasteiger partial charge in [0.05, 0.1) is 5.02 Å². The van der Waals surface area contributed by atoms with Crippen LogP contribution in [-0.2, 0) is 0 Å². The molecule has 0 saturated carbocycles. The van der Waals surface area contributed by atoms with E-state index in [1.807, 2.05) is 0 Å². The van der Waals surface area contributed by atoms with Gasteiger partial charge in [-0.1, -0.05) is 44.2 Å². The predicted octanol–water partition coefficient (Wildman–Crippen LogP) is 5.71. The Morgan fingerprint density at radius 3 is 2.60 bits per heavy atom. The van der Waals surface area contributed by atoms with Gasteiger partial charge in [-0.15, -0.1) is 0 Å². The first-order chi connectivity index (χ1) is 9.52. The van der Waals surface area contributed by atoms with Crippen molar-refractivity contribution in [2.24, 2.45) is 0 Å². The molecule has 2 nitrogen and oxygen atoms in total. The van der Waals surface area contributed by atoms with Gasteiger partial charge in [0.15, 0.2) is 0 Å². The molecule has 1 aromatic carbocycles. The fourth-order valence-electron chi connectivity index (χ4n) is 2.02. The number of benzene rings is 1. The first kappa shape index (κ1) is 17.0. The summed E-state index contributed by atoms with van der Waals surface area (Å²) >= 11 is 5.90. The molecule has 1 aromatic rings.